The Morgan fingerprint density at radius 2 is 0.688 bits per heavy atom. The molecule has 0 N–H and O–H groups in total. The van der Waals surface area contributed by atoms with Gasteiger partial charge in [-0.2, -0.15) is 0 Å². The molecule has 0 saturated heterocycles. The van der Waals surface area contributed by atoms with Crippen LogP contribution in [0.15, 0.2) is 0 Å². The minimum atomic E-state index is -2.93. The van der Waals surface area contributed by atoms with Gasteiger partial charge in [-0.3, -0.25) is 0 Å². The van der Waals surface area contributed by atoms with Crippen molar-refractivity contribution >= 4 is 35.8 Å². The Hall–Kier alpha value is 2.74. The summed E-state index contributed by atoms with van der Waals surface area (Å²) in [7, 11) is 0. The Morgan fingerprint density at radius 3 is 0.812 bits per heavy atom. The SMILES string of the molecule is O=C([O-])CC(OC(C(=O)[O-])C(OC(CC(=O)[O-])C(=O)[O-])C(=O)[O-])C(=O)[O-].[Na+].[Na+].[Na+].[Na+].[Na+].[Na+]. The molecule has 0 heterocycles. The van der Waals surface area contributed by atoms with Crippen LogP contribution in [0.3, 0.4) is 0 Å². The van der Waals surface area contributed by atoms with E-state index in [1.54, 1.807) is 0 Å². The summed E-state index contributed by atoms with van der Waals surface area (Å²) >= 11 is 0. The fraction of sp³-hybridized carbons (Fsp3) is 0.500. The number of ether oxygens (including phenoxy) is 2. The van der Waals surface area contributed by atoms with Gasteiger partial charge in [-0.15, -0.1) is 0 Å². The second kappa shape index (κ2) is 26.8. The third kappa shape index (κ3) is 22.0. The largest absolute Gasteiger partial charge is 1.00 e. The Bertz CT molecular complexity index is 565. The van der Waals surface area contributed by atoms with Crippen LogP contribution >= 0.6 is 0 Å². The number of carbonyl (C=O) groups excluding carboxylic acids is 6. The molecule has 0 radical (unpaired) electrons. The first-order chi connectivity index (χ1) is 11.9. The van der Waals surface area contributed by atoms with Gasteiger partial charge in [0.15, 0.2) is 0 Å². The van der Waals surface area contributed by atoms with Crippen LogP contribution in [0.5, 0.6) is 0 Å². The van der Waals surface area contributed by atoms with Gasteiger partial charge in [0.1, 0.15) is 24.4 Å². The minimum absolute atomic E-state index is 0. The number of carboxylic acids is 6. The quantitative estimate of drug-likeness (QED) is 0.207. The summed E-state index contributed by atoms with van der Waals surface area (Å²) in [5.41, 5.74) is 0. The van der Waals surface area contributed by atoms with Crippen molar-refractivity contribution in [3.8, 4) is 0 Å². The number of hydrogen-bond donors (Lipinski definition) is 0. The predicted molar refractivity (Wildman–Crippen MR) is 56.6 cm³/mol. The molecule has 0 aromatic carbocycles. The summed E-state index contributed by atoms with van der Waals surface area (Å²) in [6, 6.07) is 0. The van der Waals surface area contributed by atoms with Gasteiger partial charge in [-0.1, -0.05) is 0 Å². The third-order valence-electron chi connectivity index (χ3n) is 2.59. The summed E-state index contributed by atoms with van der Waals surface area (Å²) in [4.78, 5) is 64.2. The third-order valence-corrected chi connectivity index (χ3v) is 2.59. The molecule has 0 bridgehead atoms. The van der Waals surface area contributed by atoms with Gasteiger partial charge in [0.05, 0.1) is 23.9 Å². The van der Waals surface area contributed by atoms with Crippen LogP contribution in [0, 0.1) is 0 Å². The van der Waals surface area contributed by atoms with Crippen molar-refractivity contribution in [3.63, 3.8) is 0 Å². The molecular weight excluding hydrogens is 506 g/mol. The van der Waals surface area contributed by atoms with Crippen molar-refractivity contribution in [1.29, 1.82) is 0 Å². The zero-order valence-corrected chi connectivity index (χ0v) is 30.4. The summed E-state index contributed by atoms with van der Waals surface area (Å²) in [6.07, 6.45) is -13.9. The van der Waals surface area contributed by atoms with Gasteiger partial charge in [-0.25, -0.2) is 0 Å². The van der Waals surface area contributed by atoms with Crippen molar-refractivity contribution in [2.75, 3.05) is 0 Å². The minimum Gasteiger partial charge on any atom is -0.550 e. The summed E-state index contributed by atoms with van der Waals surface area (Å²) in [6.45, 7) is 0. The molecule has 14 nitrogen and oxygen atoms in total. The molecule has 0 amide bonds. The van der Waals surface area contributed by atoms with E-state index >= 15 is 0 Å². The maximum absolute atomic E-state index is 11.0. The zero-order chi connectivity index (χ0) is 20.6. The molecule has 0 aliphatic carbocycles. The average Bonchev–Trinajstić information content (AvgIpc) is 2.46. The second-order valence-corrected chi connectivity index (χ2v) is 4.52. The number of aliphatic carboxylic acids is 6. The average molecular weight is 514 g/mol. The van der Waals surface area contributed by atoms with Crippen LogP contribution in [0.2, 0.25) is 0 Å². The van der Waals surface area contributed by atoms with Gasteiger partial charge in [0, 0.05) is 24.8 Å². The van der Waals surface area contributed by atoms with Crippen LogP contribution in [-0.2, 0) is 38.2 Å². The van der Waals surface area contributed by atoms with Crippen LogP contribution in [0.1, 0.15) is 12.8 Å². The fourth-order valence-corrected chi connectivity index (χ4v) is 1.53. The van der Waals surface area contributed by atoms with Crippen molar-refractivity contribution in [2.45, 2.75) is 37.3 Å². The van der Waals surface area contributed by atoms with E-state index in [-0.39, 0.29) is 177 Å². The molecule has 4 atom stereocenters. The number of hydrogen-bond acceptors (Lipinski definition) is 14. The predicted octanol–water partition coefficient (Wildman–Crippen LogP) is -28.2. The molecule has 146 valence electrons. The van der Waals surface area contributed by atoms with E-state index in [0.717, 1.165) is 0 Å². The molecule has 0 aromatic rings. The van der Waals surface area contributed by atoms with E-state index < -0.39 is 73.1 Å². The van der Waals surface area contributed by atoms with E-state index in [4.69, 9.17) is 0 Å². The zero-order valence-electron chi connectivity index (χ0n) is 18.4. The Labute approximate surface area is 313 Å². The van der Waals surface area contributed by atoms with Crippen molar-refractivity contribution in [2.24, 2.45) is 0 Å². The summed E-state index contributed by atoms with van der Waals surface area (Å²) in [5.74, 6) is -13.6. The van der Waals surface area contributed by atoms with Gasteiger partial charge < -0.3 is 68.9 Å². The monoisotopic (exact) mass is 514 g/mol. The topological polar surface area (TPSA) is 259 Å². The smallest absolute Gasteiger partial charge is 0.550 e. The standard InChI is InChI=1S/C12H14O14.6Na/c13-5(14)1-3(9(17)18)25-7(11(21)22)8(12(23)24)26-4(10(19)20)2-6(15)16;;;;;;/h3-4,7-8H,1-2H2,(H,13,14)(H,15,16)(H,17,18)(H,19,20)(H,21,22)(H,23,24);;;;;;/q;6*+1/p-6. The van der Waals surface area contributed by atoms with E-state index in [1.165, 1.54) is 0 Å². The first-order valence-electron chi connectivity index (χ1n) is 6.40. The number of carbonyl (C=O) groups is 6. The molecule has 0 fully saturated rings. The van der Waals surface area contributed by atoms with Crippen molar-refractivity contribution in [3.05, 3.63) is 0 Å². The Balaban J connectivity index is -0.000000208. The second-order valence-electron chi connectivity index (χ2n) is 4.52. The molecule has 0 aromatic heterocycles. The van der Waals surface area contributed by atoms with Crippen LogP contribution < -0.4 is 208 Å². The van der Waals surface area contributed by atoms with Crippen LogP contribution in [0.25, 0.3) is 0 Å². The van der Waals surface area contributed by atoms with Gasteiger partial charge in [0.25, 0.3) is 0 Å². The van der Waals surface area contributed by atoms with Gasteiger partial charge in [0.2, 0.25) is 0 Å². The Morgan fingerprint density at radius 1 is 0.469 bits per heavy atom. The van der Waals surface area contributed by atoms with Crippen LogP contribution in [0.4, 0.5) is 0 Å². The summed E-state index contributed by atoms with van der Waals surface area (Å²) in [5, 5.41) is 64.2. The fourth-order valence-electron chi connectivity index (χ4n) is 1.53. The Kier molecular flexibility index (Phi) is 43.0. The molecule has 0 saturated carbocycles. The first kappa shape index (κ1) is 51.4. The molecule has 0 rings (SSSR count). The first-order valence-corrected chi connectivity index (χ1v) is 6.40. The van der Waals surface area contributed by atoms with Crippen molar-refractivity contribution < 1.29 is 246 Å². The van der Waals surface area contributed by atoms with E-state index in [9.17, 15) is 59.4 Å². The van der Waals surface area contributed by atoms with E-state index in [1.807, 2.05) is 0 Å². The number of carboxylic acid groups (broad SMARTS) is 6. The van der Waals surface area contributed by atoms with E-state index in [0.29, 0.717) is 0 Å². The normalized spacial score (nSPS) is 12.4. The molecule has 32 heavy (non-hydrogen) atoms. The summed E-state index contributed by atoms with van der Waals surface area (Å²) < 4.78 is 8.45. The molecule has 4 unspecified atom stereocenters. The maximum atomic E-state index is 11.0. The molecule has 0 aliphatic rings. The van der Waals surface area contributed by atoms with Gasteiger partial charge in [-0.05, 0) is 0 Å². The maximum Gasteiger partial charge on any atom is 1.00 e. The molecule has 0 aliphatic heterocycles. The molecular formula is C12H8Na6O14. The van der Waals surface area contributed by atoms with E-state index in [2.05, 4.69) is 9.47 Å². The molecule has 20 heteroatoms. The number of rotatable bonds is 13. The van der Waals surface area contributed by atoms with Gasteiger partial charge >= 0.3 is 177 Å². The van der Waals surface area contributed by atoms with Crippen LogP contribution in [-0.4, -0.2) is 60.2 Å². The van der Waals surface area contributed by atoms with Crippen molar-refractivity contribution in [1.82, 2.24) is 0 Å². The molecule has 0 spiro atoms.